The highest BCUT2D eigenvalue weighted by Crippen LogP contribution is 2.13. The molecule has 2 aromatic rings. The lowest BCUT2D eigenvalue weighted by Crippen LogP contribution is -2.36. The second kappa shape index (κ2) is 8.48. The molecule has 0 aliphatic carbocycles. The topological polar surface area (TPSA) is 63.7 Å². The van der Waals surface area contributed by atoms with Gasteiger partial charge in [-0.05, 0) is 31.2 Å². The Morgan fingerprint density at radius 2 is 1.96 bits per heavy atom. The predicted molar refractivity (Wildman–Crippen MR) is 96.3 cm³/mol. The minimum absolute atomic E-state index is 0.145. The number of nitrogens with zero attached hydrogens (tertiary/aromatic N) is 2. The molecule has 1 aromatic carbocycles. The van der Waals surface area contributed by atoms with Gasteiger partial charge in [-0.25, -0.2) is 4.98 Å². The summed E-state index contributed by atoms with van der Waals surface area (Å²) in [6.07, 6.45) is 1.61. The van der Waals surface area contributed by atoms with E-state index < -0.39 is 0 Å². The smallest absolute Gasteiger partial charge is 0.252 e. The van der Waals surface area contributed by atoms with Gasteiger partial charge < -0.3 is 19.7 Å². The number of morpholine rings is 1. The molecule has 0 atom stereocenters. The lowest BCUT2D eigenvalue weighted by molar-refractivity contribution is 0.0946. The summed E-state index contributed by atoms with van der Waals surface area (Å²) in [7, 11) is 0. The number of nitrogens with one attached hydrogen (secondary N) is 1. The highest BCUT2D eigenvalue weighted by molar-refractivity contribution is 5.94. The van der Waals surface area contributed by atoms with Crippen LogP contribution in [0.15, 0.2) is 42.6 Å². The van der Waals surface area contributed by atoms with Crippen LogP contribution in [0, 0.1) is 6.92 Å². The third-order valence-corrected chi connectivity index (χ3v) is 4.02. The molecular formula is C19H23N3O3. The Morgan fingerprint density at radius 3 is 2.64 bits per heavy atom. The van der Waals surface area contributed by atoms with Crippen LogP contribution in [0.4, 0.5) is 5.82 Å². The molecule has 1 N–H and O–H groups in total. The fourth-order valence-corrected chi connectivity index (χ4v) is 2.57. The van der Waals surface area contributed by atoms with E-state index >= 15 is 0 Å². The average Bonchev–Trinajstić information content (AvgIpc) is 2.67. The van der Waals surface area contributed by atoms with Crippen molar-refractivity contribution in [2.45, 2.75) is 6.92 Å². The second-order valence-corrected chi connectivity index (χ2v) is 5.92. The summed E-state index contributed by atoms with van der Waals surface area (Å²) in [4.78, 5) is 18.7. The van der Waals surface area contributed by atoms with E-state index in [4.69, 9.17) is 9.47 Å². The highest BCUT2D eigenvalue weighted by atomic mass is 16.5. The first-order valence-electron chi connectivity index (χ1n) is 8.49. The van der Waals surface area contributed by atoms with Gasteiger partial charge in [0.15, 0.2) is 0 Å². The number of aryl methyl sites for hydroxylation is 1. The molecule has 3 rings (SSSR count). The maximum absolute atomic E-state index is 12.1. The van der Waals surface area contributed by atoms with E-state index in [1.807, 2.05) is 37.3 Å². The summed E-state index contributed by atoms with van der Waals surface area (Å²) >= 11 is 0. The van der Waals surface area contributed by atoms with Crippen LogP contribution in [0.5, 0.6) is 5.75 Å². The standard InChI is InChI=1S/C19H23N3O3/c1-15-2-5-17(6-3-15)25-11-8-20-19(23)16-4-7-18(21-14-16)22-9-12-24-13-10-22/h2-7,14H,8-13H2,1H3,(H,20,23). The minimum atomic E-state index is -0.145. The predicted octanol–water partition coefficient (Wildman–Crippen LogP) is 2.04. The number of carbonyl (C=O) groups is 1. The molecule has 0 bridgehead atoms. The van der Waals surface area contributed by atoms with E-state index in [-0.39, 0.29) is 5.91 Å². The zero-order valence-corrected chi connectivity index (χ0v) is 14.4. The van der Waals surface area contributed by atoms with Crippen molar-refractivity contribution in [1.29, 1.82) is 0 Å². The Bertz CT molecular complexity index is 680. The third kappa shape index (κ3) is 4.93. The monoisotopic (exact) mass is 341 g/mol. The number of anilines is 1. The van der Waals surface area contributed by atoms with Crippen molar-refractivity contribution in [3.05, 3.63) is 53.7 Å². The van der Waals surface area contributed by atoms with E-state index in [1.165, 1.54) is 5.56 Å². The first-order chi connectivity index (χ1) is 12.2. The van der Waals surface area contributed by atoms with Crippen molar-refractivity contribution >= 4 is 11.7 Å². The maximum atomic E-state index is 12.1. The van der Waals surface area contributed by atoms with Crippen LogP contribution in [0.1, 0.15) is 15.9 Å². The Labute approximate surface area is 147 Å². The van der Waals surface area contributed by atoms with Crippen molar-refractivity contribution in [2.24, 2.45) is 0 Å². The molecule has 2 heterocycles. The Kier molecular flexibility index (Phi) is 5.85. The fraction of sp³-hybridized carbons (Fsp3) is 0.368. The number of amides is 1. The lowest BCUT2D eigenvalue weighted by atomic mass is 10.2. The molecule has 25 heavy (non-hydrogen) atoms. The third-order valence-electron chi connectivity index (χ3n) is 4.02. The van der Waals surface area contributed by atoms with E-state index in [0.717, 1.165) is 24.7 Å². The molecule has 0 spiro atoms. The van der Waals surface area contributed by atoms with Crippen LogP contribution in [0.3, 0.4) is 0 Å². The fourth-order valence-electron chi connectivity index (χ4n) is 2.57. The number of aromatic nitrogens is 1. The van der Waals surface area contributed by atoms with Crippen molar-refractivity contribution in [3.8, 4) is 5.75 Å². The van der Waals surface area contributed by atoms with Gasteiger partial charge in [0, 0.05) is 19.3 Å². The van der Waals surface area contributed by atoms with Crippen LogP contribution in [0.25, 0.3) is 0 Å². The van der Waals surface area contributed by atoms with E-state index in [9.17, 15) is 4.79 Å². The first kappa shape index (κ1) is 17.2. The number of hydrogen-bond donors (Lipinski definition) is 1. The van der Waals surface area contributed by atoms with Gasteiger partial charge in [0.25, 0.3) is 5.91 Å². The molecule has 1 aromatic heterocycles. The number of carbonyl (C=O) groups excluding carboxylic acids is 1. The van der Waals surface area contributed by atoms with E-state index in [0.29, 0.717) is 31.9 Å². The maximum Gasteiger partial charge on any atom is 0.252 e. The average molecular weight is 341 g/mol. The van der Waals surface area contributed by atoms with Gasteiger partial charge >= 0.3 is 0 Å². The Balaban J connectivity index is 1.43. The van der Waals surface area contributed by atoms with Crippen LogP contribution in [-0.2, 0) is 4.74 Å². The van der Waals surface area contributed by atoms with Crippen LogP contribution < -0.4 is 15.0 Å². The Morgan fingerprint density at radius 1 is 1.20 bits per heavy atom. The van der Waals surface area contributed by atoms with Crippen molar-refractivity contribution < 1.29 is 14.3 Å². The lowest BCUT2D eigenvalue weighted by Gasteiger charge is -2.27. The first-order valence-corrected chi connectivity index (χ1v) is 8.49. The molecule has 1 fully saturated rings. The largest absolute Gasteiger partial charge is 0.492 e. The van der Waals surface area contributed by atoms with Crippen molar-refractivity contribution in [2.75, 3.05) is 44.4 Å². The minimum Gasteiger partial charge on any atom is -0.492 e. The summed E-state index contributed by atoms with van der Waals surface area (Å²) in [5, 5.41) is 2.84. The quantitative estimate of drug-likeness (QED) is 0.815. The molecule has 1 amide bonds. The van der Waals surface area contributed by atoms with Gasteiger partial charge in [-0.2, -0.15) is 0 Å². The Hall–Kier alpha value is -2.60. The summed E-state index contributed by atoms with van der Waals surface area (Å²) in [5.41, 5.74) is 1.74. The molecule has 132 valence electrons. The van der Waals surface area contributed by atoms with Crippen molar-refractivity contribution in [3.63, 3.8) is 0 Å². The summed E-state index contributed by atoms with van der Waals surface area (Å²) < 4.78 is 10.9. The number of benzene rings is 1. The van der Waals surface area contributed by atoms with Gasteiger partial charge in [0.1, 0.15) is 18.2 Å². The van der Waals surface area contributed by atoms with Gasteiger partial charge in [-0.15, -0.1) is 0 Å². The number of hydrogen-bond acceptors (Lipinski definition) is 5. The SMILES string of the molecule is Cc1ccc(OCCNC(=O)c2ccc(N3CCOCC3)nc2)cc1. The summed E-state index contributed by atoms with van der Waals surface area (Å²) in [6, 6.07) is 11.5. The molecule has 0 saturated carbocycles. The van der Waals surface area contributed by atoms with E-state index in [2.05, 4.69) is 15.2 Å². The second-order valence-electron chi connectivity index (χ2n) is 5.92. The zero-order valence-electron chi connectivity index (χ0n) is 14.4. The van der Waals surface area contributed by atoms with Gasteiger partial charge in [-0.3, -0.25) is 4.79 Å². The van der Waals surface area contributed by atoms with Crippen molar-refractivity contribution in [1.82, 2.24) is 10.3 Å². The van der Waals surface area contributed by atoms with Crippen LogP contribution in [-0.4, -0.2) is 50.3 Å². The molecule has 1 aliphatic heterocycles. The highest BCUT2D eigenvalue weighted by Gasteiger charge is 2.13. The number of rotatable bonds is 6. The van der Waals surface area contributed by atoms with E-state index in [1.54, 1.807) is 12.3 Å². The molecule has 0 radical (unpaired) electrons. The summed E-state index contributed by atoms with van der Waals surface area (Å²) in [5.74, 6) is 1.53. The van der Waals surface area contributed by atoms with Gasteiger partial charge in [0.2, 0.25) is 0 Å². The molecule has 1 saturated heterocycles. The van der Waals surface area contributed by atoms with Gasteiger partial charge in [-0.1, -0.05) is 17.7 Å². The molecule has 6 nitrogen and oxygen atoms in total. The van der Waals surface area contributed by atoms with Gasteiger partial charge in [0.05, 0.1) is 25.3 Å². The summed E-state index contributed by atoms with van der Waals surface area (Å²) in [6.45, 7) is 5.98. The van der Waals surface area contributed by atoms with Crippen LogP contribution >= 0.6 is 0 Å². The molecule has 1 aliphatic rings. The molecule has 6 heteroatoms. The zero-order chi connectivity index (χ0) is 17.5. The number of pyridine rings is 1. The van der Waals surface area contributed by atoms with Crippen LogP contribution in [0.2, 0.25) is 0 Å². The normalized spacial score (nSPS) is 14.2. The molecule has 0 unspecified atom stereocenters. The number of ether oxygens (including phenoxy) is 2. The molecular weight excluding hydrogens is 318 g/mol.